The first-order valence-corrected chi connectivity index (χ1v) is 3.60. The lowest BCUT2D eigenvalue weighted by atomic mass is 10.2. The van der Waals surface area contributed by atoms with Crippen LogP contribution in [0.2, 0.25) is 0 Å². The Hall–Kier alpha value is -1.82. The van der Waals surface area contributed by atoms with Crippen molar-refractivity contribution in [3.05, 3.63) is 30.2 Å². The summed E-state index contributed by atoms with van der Waals surface area (Å²) in [5.41, 5.74) is 2.38. The molecule has 58 valence electrons. The quantitative estimate of drug-likeness (QED) is 0.636. The summed E-state index contributed by atoms with van der Waals surface area (Å²) in [6.45, 7) is 0. The van der Waals surface area contributed by atoms with Crippen molar-refractivity contribution in [1.82, 2.24) is 4.98 Å². The van der Waals surface area contributed by atoms with Gasteiger partial charge in [-0.15, -0.1) is 0 Å². The van der Waals surface area contributed by atoms with Gasteiger partial charge in [0.2, 0.25) is 0 Å². The molecule has 0 saturated heterocycles. The molecule has 3 nitrogen and oxygen atoms in total. The Morgan fingerprint density at radius 2 is 2.50 bits per heavy atom. The molecular formula is C9H6N2O. The van der Waals surface area contributed by atoms with Crippen molar-refractivity contribution in [1.29, 1.82) is 5.26 Å². The van der Waals surface area contributed by atoms with Crippen LogP contribution in [0, 0.1) is 11.3 Å². The van der Waals surface area contributed by atoms with E-state index in [1.54, 1.807) is 12.5 Å². The van der Waals surface area contributed by atoms with Crippen LogP contribution in [-0.2, 0) is 6.42 Å². The van der Waals surface area contributed by atoms with Crippen LogP contribution in [0.3, 0.4) is 0 Å². The number of aromatic nitrogens is 1. The molecule has 0 aromatic carbocycles. The van der Waals surface area contributed by atoms with Crippen LogP contribution in [-0.4, -0.2) is 4.98 Å². The molecule has 3 heteroatoms. The Balaban J connectivity index is 2.64. The molecule has 0 fully saturated rings. The van der Waals surface area contributed by atoms with Gasteiger partial charge in [-0.05, 0) is 12.1 Å². The summed E-state index contributed by atoms with van der Waals surface area (Å²) in [4.78, 5) is 4.11. The Bertz CT molecular complexity index is 439. The molecule has 0 aliphatic heterocycles. The lowest BCUT2D eigenvalue weighted by molar-refractivity contribution is 0.611. The highest BCUT2D eigenvalue weighted by Gasteiger charge is 2.04. The predicted octanol–water partition coefficient (Wildman–Crippen LogP) is 1.89. The Labute approximate surface area is 69.2 Å². The maximum Gasteiger partial charge on any atom is 0.152 e. The number of fused-ring (bicyclic) bond motifs is 1. The van der Waals surface area contributed by atoms with E-state index in [0.717, 1.165) is 16.7 Å². The topological polar surface area (TPSA) is 49.8 Å². The molecule has 0 N–H and O–H groups in total. The van der Waals surface area contributed by atoms with Gasteiger partial charge in [-0.3, -0.25) is 4.98 Å². The molecular weight excluding hydrogens is 152 g/mol. The fourth-order valence-electron chi connectivity index (χ4n) is 1.13. The van der Waals surface area contributed by atoms with Gasteiger partial charge in [0.05, 0.1) is 18.8 Å². The van der Waals surface area contributed by atoms with E-state index in [2.05, 4.69) is 11.1 Å². The van der Waals surface area contributed by atoms with Gasteiger partial charge >= 0.3 is 0 Å². The predicted molar refractivity (Wildman–Crippen MR) is 43.3 cm³/mol. The van der Waals surface area contributed by atoms with Crippen molar-refractivity contribution in [2.45, 2.75) is 6.42 Å². The van der Waals surface area contributed by atoms with E-state index < -0.39 is 0 Å². The van der Waals surface area contributed by atoms with Crippen molar-refractivity contribution in [3.63, 3.8) is 0 Å². The van der Waals surface area contributed by atoms with Crippen molar-refractivity contribution in [2.24, 2.45) is 0 Å². The standard InChI is InChI=1S/C9H6N2O/c10-4-3-7-6-12-8-2-1-5-11-9(7)8/h1-2,5-6H,3H2. The first-order valence-electron chi connectivity index (χ1n) is 3.60. The highest BCUT2D eigenvalue weighted by Crippen LogP contribution is 2.17. The van der Waals surface area contributed by atoms with Gasteiger partial charge in [-0.1, -0.05) is 0 Å². The molecule has 0 amide bonds. The van der Waals surface area contributed by atoms with Gasteiger partial charge in [0.15, 0.2) is 5.58 Å². The number of nitriles is 1. The third-order valence-electron chi connectivity index (χ3n) is 1.67. The van der Waals surface area contributed by atoms with Gasteiger partial charge in [0.25, 0.3) is 0 Å². The molecule has 0 aliphatic rings. The first kappa shape index (κ1) is 6.86. The summed E-state index contributed by atoms with van der Waals surface area (Å²) in [5, 5.41) is 8.48. The number of pyridine rings is 1. The number of furan rings is 1. The van der Waals surface area contributed by atoms with E-state index in [0.29, 0.717) is 6.42 Å². The summed E-state index contributed by atoms with van der Waals surface area (Å²) in [6.07, 6.45) is 3.63. The zero-order chi connectivity index (χ0) is 8.39. The third-order valence-corrected chi connectivity index (χ3v) is 1.67. The summed E-state index contributed by atoms with van der Waals surface area (Å²) in [6, 6.07) is 5.71. The average molecular weight is 158 g/mol. The lowest BCUT2D eigenvalue weighted by Gasteiger charge is -1.86. The Kier molecular flexibility index (Phi) is 1.52. The van der Waals surface area contributed by atoms with E-state index in [1.165, 1.54) is 0 Å². The number of hydrogen-bond acceptors (Lipinski definition) is 3. The molecule has 2 heterocycles. The molecule has 0 bridgehead atoms. The molecule has 12 heavy (non-hydrogen) atoms. The summed E-state index contributed by atoms with van der Waals surface area (Å²) in [5.74, 6) is 0. The largest absolute Gasteiger partial charge is 0.462 e. The molecule has 0 spiro atoms. The van der Waals surface area contributed by atoms with E-state index in [9.17, 15) is 0 Å². The summed E-state index contributed by atoms with van der Waals surface area (Å²) < 4.78 is 5.19. The second-order valence-electron chi connectivity index (χ2n) is 2.45. The second-order valence-corrected chi connectivity index (χ2v) is 2.45. The molecule has 0 aliphatic carbocycles. The normalized spacial score (nSPS) is 9.92. The first-order chi connectivity index (χ1) is 5.92. The monoisotopic (exact) mass is 158 g/mol. The summed E-state index contributed by atoms with van der Waals surface area (Å²) in [7, 11) is 0. The third kappa shape index (κ3) is 0.940. The van der Waals surface area contributed by atoms with Gasteiger partial charge in [0.1, 0.15) is 5.52 Å². The fourth-order valence-corrected chi connectivity index (χ4v) is 1.13. The van der Waals surface area contributed by atoms with Crippen LogP contribution in [0.5, 0.6) is 0 Å². The number of rotatable bonds is 1. The van der Waals surface area contributed by atoms with Crippen LogP contribution in [0.4, 0.5) is 0 Å². The minimum absolute atomic E-state index is 0.351. The maximum absolute atomic E-state index is 8.48. The van der Waals surface area contributed by atoms with Gasteiger partial charge in [0, 0.05) is 11.8 Å². The average Bonchev–Trinajstić information content (AvgIpc) is 2.50. The van der Waals surface area contributed by atoms with Crippen molar-refractivity contribution in [2.75, 3.05) is 0 Å². The Morgan fingerprint density at radius 1 is 1.58 bits per heavy atom. The van der Waals surface area contributed by atoms with E-state index in [4.69, 9.17) is 9.68 Å². The number of hydrogen-bond donors (Lipinski definition) is 0. The lowest BCUT2D eigenvalue weighted by Crippen LogP contribution is -1.79. The zero-order valence-corrected chi connectivity index (χ0v) is 6.32. The molecule has 0 atom stereocenters. The van der Waals surface area contributed by atoms with Crippen molar-refractivity contribution in [3.8, 4) is 6.07 Å². The maximum atomic E-state index is 8.48. The Morgan fingerprint density at radius 3 is 3.33 bits per heavy atom. The molecule has 0 unspecified atom stereocenters. The van der Waals surface area contributed by atoms with Crippen LogP contribution in [0.1, 0.15) is 5.56 Å². The molecule has 2 aromatic heterocycles. The SMILES string of the molecule is N#CCc1coc2cccnc12. The minimum Gasteiger partial charge on any atom is -0.462 e. The highest BCUT2D eigenvalue weighted by molar-refractivity contribution is 5.76. The van der Waals surface area contributed by atoms with Crippen LogP contribution in [0.25, 0.3) is 11.1 Å². The zero-order valence-electron chi connectivity index (χ0n) is 6.32. The molecule has 0 radical (unpaired) electrons. The van der Waals surface area contributed by atoms with E-state index >= 15 is 0 Å². The van der Waals surface area contributed by atoms with Crippen LogP contribution in [0.15, 0.2) is 29.0 Å². The van der Waals surface area contributed by atoms with Gasteiger partial charge in [-0.2, -0.15) is 5.26 Å². The van der Waals surface area contributed by atoms with Crippen LogP contribution < -0.4 is 0 Å². The highest BCUT2D eigenvalue weighted by atomic mass is 16.3. The van der Waals surface area contributed by atoms with E-state index in [1.807, 2.05) is 12.1 Å². The summed E-state index contributed by atoms with van der Waals surface area (Å²) >= 11 is 0. The molecule has 2 rings (SSSR count). The number of nitrogens with zero attached hydrogens (tertiary/aromatic N) is 2. The minimum atomic E-state index is 0.351. The van der Waals surface area contributed by atoms with Crippen molar-refractivity contribution < 1.29 is 4.42 Å². The smallest absolute Gasteiger partial charge is 0.152 e. The second kappa shape index (κ2) is 2.67. The fraction of sp³-hybridized carbons (Fsp3) is 0.111. The van der Waals surface area contributed by atoms with Crippen LogP contribution >= 0.6 is 0 Å². The van der Waals surface area contributed by atoms with E-state index in [-0.39, 0.29) is 0 Å². The van der Waals surface area contributed by atoms with Crippen molar-refractivity contribution >= 4 is 11.1 Å². The van der Waals surface area contributed by atoms with Gasteiger partial charge in [-0.25, -0.2) is 0 Å². The van der Waals surface area contributed by atoms with Gasteiger partial charge < -0.3 is 4.42 Å². The molecule has 2 aromatic rings. The molecule has 0 saturated carbocycles.